The molecule has 0 aliphatic carbocycles. The fraction of sp³-hybridized carbons (Fsp3) is 0.944. The predicted molar refractivity (Wildman–Crippen MR) is 88.6 cm³/mol. The number of rotatable bonds is 16. The van der Waals surface area contributed by atoms with Gasteiger partial charge in [-0.2, -0.15) is 0 Å². The molecule has 0 spiro atoms. The first kappa shape index (κ1) is 20.4. The largest absolute Gasteiger partial charge is 0.481 e. The monoisotopic (exact) mass is 300 g/mol. The molecule has 21 heavy (non-hydrogen) atoms. The van der Waals surface area contributed by atoms with Crippen molar-refractivity contribution in [2.75, 3.05) is 0 Å². The second-order valence-electron chi connectivity index (χ2n) is 6.28. The molecular weight excluding hydrogens is 264 g/mol. The molecular formula is C18H36O3. The lowest BCUT2D eigenvalue weighted by molar-refractivity contribution is -0.139. The molecule has 0 heterocycles. The Kier molecular flexibility index (Phi) is 15.4. The summed E-state index contributed by atoms with van der Waals surface area (Å²) in [4.78, 5) is 10.4. The van der Waals surface area contributed by atoms with Crippen molar-refractivity contribution in [1.82, 2.24) is 0 Å². The van der Waals surface area contributed by atoms with Gasteiger partial charge in [0.05, 0.1) is 12.5 Å². The van der Waals surface area contributed by atoms with Crippen LogP contribution < -0.4 is 0 Å². The smallest absolute Gasteiger partial charge is 0.305 e. The molecule has 0 amide bonds. The average Bonchev–Trinajstić information content (AvgIpc) is 2.43. The summed E-state index contributed by atoms with van der Waals surface area (Å²) in [5, 5.41) is 17.9. The van der Waals surface area contributed by atoms with Crippen molar-refractivity contribution < 1.29 is 15.0 Å². The first-order valence-corrected chi connectivity index (χ1v) is 9.06. The number of carbonyl (C=O) groups is 1. The van der Waals surface area contributed by atoms with Crippen LogP contribution in [0.5, 0.6) is 0 Å². The summed E-state index contributed by atoms with van der Waals surface area (Å²) in [7, 11) is 0. The normalized spacial score (nSPS) is 12.5. The number of aliphatic carboxylic acids is 1. The molecule has 0 saturated carbocycles. The maximum atomic E-state index is 10.4. The fourth-order valence-corrected chi connectivity index (χ4v) is 2.70. The first-order valence-electron chi connectivity index (χ1n) is 9.06. The van der Waals surface area contributed by atoms with E-state index in [4.69, 9.17) is 5.11 Å². The second kappa shape index (κ2) is 15.8. The van der Waals surface area contributed by atoms with E-state index in [1.54, 1.807) is 0 Å². The van der Waals surface area contributed by atoms with Crippen LogP contribution in [0.2, 0.25) is 0 Å². The molecule has 1 atom stereocenters. The molecule has 3 nitrogen and oxygen atoms in total. The van der Waals surface area contributed by atoms with Gasteiger partial charge in [0, 0.05) is 0 Å². The van der Waals surface area contributed by atoms with E-state index in [9.17, 15) is 9.90 Å². The van der Waals surface area contributed by atoms with Gasteiger partial charge in [0.1, 0.15) is 0 Å². The lowest BCUT2D eigenvalue weighted by Crippen LogP contribution is -2.12. The third-order valence-corrected chi connectivity index (χ3v) is 4.05. The van der Waals surface area contributed by atoms with Crippen LogP contribution in [0.1, 0.15) is 103 Å². The van der Waals surface area contributed by atoms with Crippen molar-refractivity contribution in [2.45, 2.75) is 109 Å². The first-order chi connectivity index (χ1) is 10.2. The third kappa shape index (κ3) is 17.4. The Morgan fingerprint density at radius 3 is 1.52 bits per heavy atom. The molecule has 126 valence electrons. The molecule has 0 aromatic carbocycles. The number of carboxylic acids is 1. The minimum Gasteiger partial charge on any atom is -0.481 e. The van der Waals surface area contributed by atoms with E-state index in [1.807, 2.05) is 0 Å². The standard InChI is InChI=1S/C18H36O3/c1-2-3-4-5-6-7-8-9-10-11-12-13-14-15-17(19)16-18(20)21/h17,19H,2-16H2,1H3,(H,20,21)/t17-/m1/s1. The average molecular weight is 300 g/mol. The Labute approximate surface area is 131 Å². The molecule has 3 heteroatoms. The maximum Gasteiger partial charge on any atom is 0.305 e. The van der Waals surface area contributed by atoms with Crippen LogP contribution in [0.15, 0.2) is 0 Å². The molecule has 0 aliphatic heterocycles. The van der Waals surface area contributed by atoms with Crippen molar-refractivity contribution in [3.8, 4) is 0 Å². The number of carboxylic acid groups (broad SMARTS) is 1. The van der Waals surface area contributed by atoms with Crippen LogP contribution in [0.4, 0.5) is 0 Å². The quantitative estimate of drug-likeness (QED) is 0.380. The molecule has 0 saturated heterocycles. The van der Waals surface area contributed by atoms with E-state index in [1.165, 1.54) is 70.6 Å². The van der Waals surface area contributed by atoms with E-state index < -0.39 is 12.1 Å². The summed E-state index contributed by atoms with van der Waals surface area (Å²) in [6, 6.07) is 0. The van der Waals surface area contributed by atoms with Crippen LogP contribution in [0.25, 0.3) is 0 Å². The highest BCUT2D eigenvalue weighted by Crippen LogP contribution is 2.13. The molecule has 0 aliphatic rings. The highest BCUT2D eigenvalue weighted by molar-refractivity contribution is 5.67. The van der Waals surface area contributed by atoms with Crippen LogP contribution >= 0.6 is 0 Å². The zero-order valence-electron chi connectivity index (χ0n) is 14.0. The van der Waals surface area contributed by atoms with Gasteiger partial charge in [0.2, 0.25) is 0 Å². The molecule has 2 N–H and O–H groups in total. The van der Waals surface area contributed by atoms with E-state index in [0.29, 0.717) is 6.42 Å². The van der Waals surface area contributed by atoms with E-state index in [-0.39, 0.29) is 6.42 Å². The Bertz CT molecular complexity index is 229. The van der Waals surface area contributed by atoms with Gasteiger partial charge in [0.25, 0.3) is 0 Å². The molecule has 0 bridgehead atoms. The highest BCUT2D eigenvalue weighted by Gasteiger charge is 2.08. The molecule has 0 aromatic heterocycles. The van der Waals surface area contributed by atoms with Crippen LogP contribution in [-0.4, -0.2) is 22.3 Å². The molecule has 0 unspecified atom stereocenters. The molecule has 0 radical (unpaired) electrons. The number of aliphatic hydroxyl groups is 1. The van der Waals surface area contributed by atoms with Crippen molar-refractivity contribution in [3.63, 3.8) is 0 Å². The van der Waals surface area contributed by atoms with Crippen molar-refractivity contribution in [1.29, 1.82) is 0 Å². The van der Waals surface area contributed by atoms with Crippen LogP contribution in [-0.2, 0) is 4.79 Å². The number of unbranched alkanes of at least 4 members (excludes halogenated alkanes) is 12. The molecule has 0 aromatic rings. The highest BCUT2D eigenvalue weighted by atomic mass is 16.4. The van der Waals surface area contributed by atoms with E-state index in [0.717, 1.165) is 12.8 Å². The fourth-order valence-electron chi connectivity index (χ4n) is 2.70. The second-order valence-corrected chi connectivity index (χ2v) is 6.28. The predicted octanol–water partition coefficient (Wildman–Crippen LogP) is 5.30. The maximum absolute atomic E-state index is 10.4. The van der Waals surface area contributed by atoms with Crippen molar-refractivity contribution in [3.05, 3.63) is 0 Å². The van der Waals surface area contributed by atoms with E-state index in [2.05, 4.69) is 6.92 Å². The van der Waals surface area contributed by atoms with E-state index >= 15 is 0 Å². The topological polar surface area (TPSA) is 57.5 Å². The van der Waals surface area contributed by atoms with Crippen LogP contribution in [0, 0.1) is 0 Å². The summed E-state index contributed by atoms with van der Waals surface area (Å²) < 4.78 is 0. The Morgan fingerprint density at radius 1 is 0.762 bits per heavy atom. The lowest BCUT2D eigenvalue weighted by Gasteiger charge is -2.07. The SMILES string of the molecule is CCCCCCCCCCCCCCC[C@@H](O)CC(=O)O. The van der Waals surface area contributed by atoms with Gasteiger partial charge in [-0.1, -0.05) is 90.4 Å². The third-order valence-electron chi connectivity index (χ3n) is 4.05. The number of hydrogen-bond donors (Lipinski definition) is 2. The van der Waals surface area contributed by atoms with Gasteiger partial charge < -0.3 is 10.2 Å². The minimum absolute atomic E-state index is 0.113. The van der Waals surface area contributed by atoms with Crippen molar-refractivity contribution >= 4 is 5.97 Å². The van der Waals surface area contributed by atoms with Gasteiger partial charge in [-0.05, 0) is 6.42 Å². The van der Waals surface area contributed by atoms with Gasteiger partial charge in [-0.25, -0.2) is 0 Å². The van der Waals surface area contributed by atoms with Gasteiger partial charge in [0.15, 0.2) is 0 Å². The molecule has 0 rings (SSSR count). The Hall–Kier alpha value is -0.570. The summed E-state index contributed by atoms with van der Waals surface area (Å²) >= 11 is 0. The lowest BCUT2D eigenvalue weighted by atomic mass is 10.0. The number of aliphatic hydroxyl groups excluding tert-OH is 1. The number of hydrogen-bond acceptors (Lipinski definition) is 2. The van der Waals surface area contributed by atoms with Gasteiger partial charge in [-0.3, -0.25) is 4.79 Å². The van der Waals surface area contributed by atoms with Crippen LogP contribution in [0.3, 0.4) is 0 Å². The Morgan fingerprint density at radius 2 is 1.14 bits per heavy atom. The zero-order chi connectivity index (χ0) is 15.8. The summed E-state index contributed by atoms with van der Waals surface area (Å²) in [6.45, 7) is 2.26. The van der Waals surface area contributed by atoms with Crippen molar-refractivity contribution in [2.24, 2.45) is 0 Å². The summed E-state index contributed by atoms with van der Waals surface area (Å²) in [5.41, 5.74) is 0. The summed E-state index contributed by atoms with van der Waals surface area (Å²) in [6.07, 6.45) is 16.8. The Balaban J connectivity index is 3.07. The van der Waals surface area contributed by atoms with Gasteiger partial charge >= 0.3 is 5.97 Å². The van der Waals surface area contributed by atoms with Gasteiger partial charge in [-0.15, -0.1) is 0 Å². The minimum atomic E-state index is -0.905. The summed E-state index contributed by atoms with van der Waals surface area (Å²) in [5.74, 6) is -0.905. The molecule has 0 fully saturated rings. The zero-order valence-corrected chi connectivity index (χ0v) is 14.0.